The number of hydrogen-bond donors (Lipinski definition) is 1. The molecule has 5 nitrogen and oxygen atoms in total. The second-order valence-corrected chi connectivity index (χ2v) is 6.82. The number of hydrogen-bond acceptors (Lipinski definition) is 5. The predicted molar refractivity (Wildman–Crippen MR) is 93.0 cm³/mol. The summed E-state index contributed by atoms with van der Waals surface area (Å²) < 4.78 is 5.35. The average molecular weight is 330 g/mol. The van der Waals surface area contributed by atoms with Gasteiger partial charge < -0.3 is 14.9 Å². The molecule has 2 atom stereocenters. The molecule has 3 rings (SSSR count). The quantitative estimate of drug-likeness (QED) is 0.844. The summed E-state index contributed by atoms with van der Waals surface area (Å²) in [4.78, 5) is 18.2. The molecule has 130 valence electrons. The van der Waals surface area contributed by atoms with Crippen molar-refractivity contribution in [3.05, 3.63) is 35.4 Å². The number of piperidine rings is 1. The highest BCUT2D eigenvalue weighted by molar-refractivity contribution is 6.01. The molecule has 0 bridgehead atoms. The highest BCUT2D eigenvalue weighted by Gasteiger charge is 2.44. The van der Waals surface area contributed by atoms with Gasteiger partial charge in [0.05, 0.1) is 17.7 Å². The average Bonchev–Trinajstić information content (AvgIpc) is 3.05. The fraction of sp³-hybridized carbons (Fsp3) is 0.579. The lowest BCUT2D eigenvalue weighted by molar-refractivity contribution is -0.159. The Morgan fingerprint density at radius 2 is 2.21 bits per heavy atom. The number of oxime groups is 1. The monoisotopic (exact) mass is 330 g/mol. The van der Waals surface area contributed by atoms with Crippen molar-refractivity contribution < 1.29 is 14.4 Å². The molecule has 0 unspecified atom stereocenters. The molecule has 0 aromatic heterocycles. The Hall–Kier alpha value is -1.88. The third-order valence-corrected chi connectivity index (χ3v) is 4.92. The zero-order valence-corrected chi connectivity index (χ0v) is 14.5. The number of carbonyl (C=O) groups excluding carboxylic acids is 1. The van der Waals surface area contributed by atoms with Crippen LogP contribution in [0.3, 0.4) is 0 Å². The van der Waals surface area contributed by atoms with Crippen LogP contribution in [0.2, 0.25) is 0 Å². The summed E-state index contributed by atoms with van der Waals surface area (Å²) in [5.74, 6) is -0.107. The van der Waals surface area contributed by atoms with Crippen LogP contribution >= 0.6 is 0 Å². The molecular formula is C19H26N2O3. The van der Waals surface area contributed by atoms with Gasteiger partial charge in [-0.15, -0.1) is 0 Å². The molecule has 1 aromatic carbocycles. The van der Waals surface area contributed by atoms with Crippen molar-refractivity contribution in [2.75, 3.05) is 19.7 Å². The number of carbonyl (C=O) groups is 1. The number of ether oxygens (including phenoxy) is 1. The van der Waals surface area contributed by atoms with Crippen LogP contribution in [0.5, 0.6) is 0 Å². The lowest BCUT2D eigenvalue weighted by Crippen LogP contribution is -2.48. The lowest BCUT2D eigenvalue weighted by Gasteiger charge is -2.36. The Balaban J connectivity index is 1.66. The van der Waals surface area contributed by atoms with Crippen LogP contribution in [0, 0.1) is 12.3 Å². The minimum absolute atomic E-state index is 0.0643. The van der Waals surface area contributed by atoms with Gasteiger partial charge in [-0.05, 0) is 38.8 Å². The van der Waals surface area contributed by atoms with Crippen molar-refractivity contribution in [1.29, 1.82) is 0 Å². The number of nitrogens with zero attached hydrogens (tertiary/aromatic N) is 1. The van der Waals surface area contributed by atoms with Crippen LogP contribution in [-0.2, 0) is 14.4 Å². The van der Waals surface area contributed by atoms with Crippen LogP contribution in [0.25, 0.3) is 0 Å². The molecule has 1 N–H and O–H groups in total. The second-order valence-electron chi connectivity index (χ2n) is 6.82. The predicted octanol–water partition coefficient (Wildman–Crippen LogP) is 2.81. The van der Waals surface area contributed by atoms with Gasteiger partial charge in [-0.3, -0.25) is 4.79 Å². The lowest BCUT2D eigenvalue weighted by atomic mass is 9.75. The van der Waals surface area contributed by atoms with Crippen LogP contribution in [0.1, 0.15) is 43.7 Å². The zero-order chi connectivity index (χ0) is 17.0. The first-order valence-electron chi connectivity index (χ1n) is 8.81. The van der Waals surface area contributed by atoms with Crippen LogP contribution in [0.4, 0.5) is 0 Å². The first kappa shape index (κ1) is 17.0. The molecule has 1 fully saturated rings. The van der Waals surface area contributed by atoms with E-state index < -0.39 is 5.41 Å². The van der Waals surface area contributed by atoms with E-state index in [1.165, 1.54) is 5.56 Å². The molecule has 0 spiro atoms. The standard InChI is InChI=1S/C19H26N2O3/c1-3-23-18(22)19(9-4-10-20-13-19)12-16-11-17(21-24-16)15-7-5-14(2)6-8-15/h5-8,16,20H,3-4,9-13H2,1-2H3/t16-,19-/m1/s1. The fourth-order valence-electron chi connectivity index (χ4n) is 3.57. The molecular weight excluding hydrogens is 304 g/mol. The van der Waals surface area contributed by atoms with Crippen molar-refractivity contribution in [2.24, 2.45) is 10.6 Å². The third kappa shape index (κ3) is 3.61. The molecule has 0 radical (unpaired) electrons. The number of nitrogens with one attached hydrogen (secondary N) is 1. The van der Waals surface area contributed by atoms with Crippen molar-refractivity contribution in [2.45, 2.75) is 45.6 Å². The van der Waals surface area contributed by atoms with E-state index in [0.29, 0.717) is 19.6 Å². The zero-order valence-electron chi connectivity index (χ0n) is 14.5. The number of esters is 1. The van der Waals surface area contributed by atoms with E-state index in [-0.39, 0.29) is 12.1 Å². The van der Waals surface area contributed by atoms with Crippen LogP contribution in [0.15, 0.2) is 29.4 Å². The maximum atomic E-state index is 12.5. The van der Waals surface area contributed by atoms with E-state index in [1.54, 1.807) is 0 Å². The van der Waals surface area contributed by atoms with Crippen LogP contribution in [-0.4, -0.2) is 37.5 Å². The van der Waals surface area contributed by atoms with Gasteiger partial charge in [0.1, 0.15) is 6.10 Å². The van der Waals surface area contributed by atoms with Crippen LogP contribution < -0.4 is 5.32 Å². The summed E-state index contributed by atoms with van der Waals surface area (Å²) in [5.41, 5.74) is 2.79. The summed E-state index contributed by atoms with van der Waals surface area (Å²) in [6, 6.07) is 8.30. The Morgan fingerprint density at radius 3 is 2.88 bits per heavy atom. The number of benzene rings is 1. The van der Waals surface area contributed by atoms with Crippen molar-refractivity contribution in [3.8, 4) is 0 Å². The minimum atomic E-state index is -0.489. The Labute approximate surface area is 143 Å². The van der Waals surface area contributed by atoms with E-state index in [2.05, 4.69) is 41.7 Å². The van der Waals surface area contributed by atoms with Gasteiger partial charge in [0.25, 0.3) is 0 Å². The first-order chi connectivity index (χ1) is 11.6. The van der Waals surface area contributed by atoms with Gasteiger partial charge in [-0.25, -0.2) is 0 Å². The molecule has 2 heterocycles. The van der Waals surface area contributed by atoms with Gasteiger partial charge in [0.15, 0.2) is 0 Å². The van der Waals surface area contributed by atoms with E-state index >= 15 is 0 Å². The summed E-state index contributed by atoms with van der Waals surface area (Å²) in [6.45, 7) is 5.95. The number of rotatable bonds is 5. The maximum Gasteiger partial charge on any atom is 0.313 e. The molecule has 2 aliphatic heterocycles. The Morgan fingerprint density at radius 1 is 1.42 bits per heavy atom. The van der Waals surface area contributed by atoms with E-state index in [1.807, 2.05) is 6.92 Å². The molecule has 1 saturated heterocycles. The Bertz CT molecular complexity index is 604. The van der Waals surface area contributed by atoms with E-state index in [9.17, 15) is 4.79 Å². The SMILES string of the molecule is CCOC(=O)[C@@]1(C[C@H]2CC(c3ccc(C)cc3)=NO2)CCCNC1. The minimum Gasteiger partial charge on any atom is -0.466 e. The summed E-state index contributed by atoms with van der Waals surface area (Å²) in [7, 11) is 0. The van der Waals surface area contributed by atoms with Gasteiger partial charge in [0.2, 0.25) is 0 Å². The van der Waals surface area contributed by atoms with Crippen molar-refractivity contribution >= 4 is 11.7 Å². The van der Waals surface area contributed by atoms with Gasteiger partial charge in [-0.2, -0.15) is 0 Å². The highest BCUT2D eigenvalue weighted by atomic mass is 16.6. The van der Waals surface area contributed by atoms with Gasteiger partial charge in [0, 0.05) is 19.4 Å². The second kappa shape index (κ2) is 7.34. The summed E-state index contributed by atoms with van der Waals surface area (Å²) >= 11 is 0. The fourth-order valence-corrected chi connectivity index (χ4v) is 3.57. The van der Waals surface area contributed by atoms with Gasteiger partial charge >= 0.3 is 5.97 Å². The molecule has 1 aromatic rings. The largest absolute Gasteiger partial charge is 0.466 e. The number of aryl methyl sites for hydroxylation is 1. The normalized spacial score (nSPS) is 26.6. The van der Waals surface area contributed by atoms with Gasteiger partial charge in [-0.1, -0.05) is 35.0 Å². The topological polar surface area (TPSA) is 59.9 Å². The molecule has 0 saturated carbocycles. The van der Waals surface area contributed by atoms with Crippen molar-refractivity contribution in [3.63, 3.8) is 0 Å². The first-order valence-corrected chi connectivity index (χ1v) is 8.81. The third-order valence-electron chi connectivity index (χ3n) is 4.92. The summed E-state index contributed by atoms with van der Waals surface area (Å²) in [5, 5.41) is 7.61. The molecule has 0 amide bonds. The molecule has 5 heteroatoms. The van der Waals surface area contributed by atoms with Crippen molar-refractivity contribution in [1.82, 2.24) is 5.32 Å². The molecule has 0 aliphatic carbocycles. The molecule has 24 heavy (non-hydrogen) atoms. The van der Waals surface area contributed by atoms with E-state index in [4.69, 9.17) is 9.57 Å². The molecule has 2 aliphatic rings. The Kier molecular flexibility index (Phi) is 5.19. The highest BCUT2D eigenvalue weighted by Crippen LogP contribution is 2.36. The smallest absolute Gasteiger partial charge is 0.313 e. The van der Waals surface area contributed by atoms with E-state index in [0.717, 1.165) is 37.1 Å². The summed E-state index contributed by atoms with van der Waals surface area (Å²) in [6.07, 6.45) is 3.16. The maximum absolute atomic E-state index is 12.5.